The molecule has 2 aromatic carbocycles. The van der Waals surface area contributed by atoms with Crippen molar-refractivity contribution in [3.63, 3.8) is 0 Å². The third-order valence-electron chi connectivity index (χ3n) is 15.2. The molecule has 62 heavy (non-hydrogen) atoms. The standard InChI is InChI=1S/C46H50F3N9O4/c1-26-12-35-33(3-4-37-36(35)20-53-54-37)41(58(26)25-46(47,48)49)30-17-50-42(51-18-30)28-6-8-45(9-7-28)15-27(16-45)21-55-10-11-56-31(23-55)24-62-40-14-34-29(13-39(40)56)22-57(44(34)61)38-5-2-32(59)19-52-43(38)60/h3-4,13-14,17-20,26-28,31,38,41H,2,5-12,15-16,21-25H2,1H3,(H,53,54)/t26-,27?,28?,31+,38?,41-,45?/m1/s1. The first-order chi connectivity index (χ1) is 29.9. The van der Waals surface area contributed by atoms with Gasteiger partial charge in [0.15, 0.2) is 5.78 Å². The largest absolute Gasteiger partial charge is 0.489 e. The lowest BCUT2D eigenvalue weighted by Gasteiger charge is -2.54. The molecule has 0 radical (unpaired) electrons. The van der Waals surface area contributed by atoms with Crippen LogP contribution >= 0.6 is 0 Å². The highest BCUT2D eigenvalue weighted by atomic mass is 19.4. The molecule has 2 aliphatic carbocycles. The van der Waals surface area contributed by atoms with Gasteiger partial charge in [0.1, 0.15) is 24.2 Å². The van der Waals surface area contributed by atoms with Gasteiger partial charge in [0.25, 0.3) is 11.8 Å². The van der Waals surface area contributed by atoms with Crippen LogP contribution < -0.4 is 9.64 Å². The topological polar surface area (TPSA) is 140 Å². The van der Waals surface area contributed by atoms with Gasteiger partial charge in [-0.05, 0) is 105 Å². The zero-order valence-electron chi connectivity index (χ0n) is 34.7. The van der Waals surface area contributed by atoms with Crippen molar-refractivity contribution < 1.29 is 32.3 Å². The first-order valence-corrected chi connectivity index (χ1v) is 22.2. The third-order valence-corrected chi connectivity index (χ3v) is 15.2. The molecular weight excluding hydrogens is 800 g/mol. The fourth-order valence-electron chi connectivity index (χ4n) is 12.2. The van der Waals surface area contributed by atoms with Gasteiger partial charge in [-0.15, -0.1) is 0 Å². The van der Waals surface area contributed by atoms with Crippen LogP contribution in [-0.4, -0.2) is 122 Å². The number of benzene rings is 2. The summed E-state index contributed by atoms with van der Waals surface area (Å²) in [5.41, 5.74) is 6.24. The van der Waals surface area contributed by atoms with E-state index in [-0.39, 0.29) is 42.5 Å². The predicted octanol–water partition coefficient (Wildman–Crippen LogP) is 6.17. The van der Waals surface area contributed by atoms with E-state index in [1.54, 1.807) is 28.4 Å². The zero-order chi connectivity index (χ0) is 42.5. The van der Waals surface area contributed by atoms with Crippen LogP contribution in [0.1, 0.15) is 109 Å². The number of aromatic amines is 1. The number of halogens is 3. The number of nitrogens with zero attached hydrogens (tertiary/aromatic N) is 8. The molecule has 324 valence electrons. The van der Waals surface area contributed by atoms with Crippen LogP contribution in [0.4, 0.5) is 18.9 Å². The van der Waals surface area contributed by atoms with Crippen LogP contribution in [0.2, 0.25) is 0 Å². The number of hydrogen-bond donors (Lipinski definition) is 1. The summed E-state index contributed by atoms with van der Waals surface area (Å²) in [6.07, 6.45) is 9.76. The minimum absolute atomic E-state index is 0.189. The molecule has 2 amide bonds. The SMILES string of the molecule is C[C@@H]1Cc2c(ccc3[nH]ncc23)[C@@H](c2cnc(C3CCC4(CC3)CC(CN3CCN5c6cc7c(cc6OC[C@@H]5C3)C(=O)N(C3CCC(=O)C=NC3=O)C7)C4)nc2)N1CC(F)(F)F. The quantitative estimate of drug-likeness (QED) is 0.240. The van der Waals surface area contributed by atoms with Crippen LogP contribution in [0.5, 0.6) is 5.75 Å². The monoisotopic (exact) mass is 849 g/mol. The number of H-pyrrole nitrogens is 1. The highest BCUT2D eigenvalue weighted by Crippen LogP contribution is 2.57. The first-order valence-electron chi connectivity index (χ1n) is 22.2. The molecule has 4 atom stereocenters. The Bertz CT molecular complexity index is 2470. The molecule has 2 aromatic heterocycles. The van der Waals surface area contributed by atoms with Gasteiger partial charge in [-0.3, -0.25) is 29.3 Å². The summed E-state index contributed by atoms with van der Waals surface area (Å²) in [5, 5.41) is 8.14. The zero-order valence-corrected chi connectivity index (χ0v) is 34.7. The van der Waals surface area contributed by atoms with Crippen molar-refractivity contribution >= 4 is 40.4 Å². The summed E-state index contributed by atoms with van der Waals surface area (Å²) in [7, 11) is 0. The highest BCUT2D eigenvalue weighted by molar-refractivity contribution is 6.30. The Balaban J connectivity index is 0.693. The molecule has 1 N–H and O–H groups in total. The van der Waals surface area contributed by atoms with E-state index < -0.39 is 30.7 Å². The summed E-state index contributed by atoms with van der Waals surface area (Å²) in [6.45, 7) is 5.52. The van der Waals surface area contributed by atoms with Gasteiger partial charge in [-0.1, -0.05) is 6.07 Å². The van der Waals surface area contributed by atoms with Gasteiger partial charge < -0.3 is 14.5 Å². The van der Waals surface area contributed by atoms with E-state index in [9.17, 15) is 27.6 Å². The molecule has 3 fully saturated rings. The maximum absolute atomic E-state index is 13.9. The molecule has 1 saturated heterocycles. The van der Waals surface area contributed by atoms with Crippen molar-refractivity contribution in [2.24, 2.45) is 16.3 Å². The Labute approximate surface area is 357 Å². The lowest BCUT2D eigenvalue weighted by atomic mass is 9.54. The number of ether oxygens (including phenoxy) is 1. The maximum Gasteiger partial charge on any atom is 0.401 e. The summed E-state index contributed by atoms with van der Waals surface area (Å²) in [6, 6.07) is 6.25. The number of rotatable bonds is 6. The van der Waals surface area contributed by atoms with E-state index >= 15 is 0 Å². The molecule has 16 heteroatoms. The number of piperazine rings is 1. The van der Waals surface area contributed by atoms with Crippen molar-refractivity contribution in [3.05, 3.63) is 76.5 Å². The minimum atomic E-state index is -4.34. The number of fused-ring (bicyclic) bond motifs is 7. The molecule has 13 nitrogen and oxygen atoms in total. The second kappa shape index (κ2) is 15.0. The number of nitrogens with one attached hydrogen (secondary N) is 1. The van der Waals surface area contributed by atoms with E-state index in [4.69, 9.17) is 14.7 Å². The average Bonchev–Trinajstić information content (AvgIpc) is 3.81. The number of alkyl halides is 3. The van der Waals surface area contributed by atoms with Gasteiger partial charge in [-0.25, -0.2) is 15.0 Å². The molecule has 7 heterocycles. The Morgan fingerprint density at radius 1 is 0.984 bits per heavy atom. The van der Waals surface area contributed by atoms with Gasteiger partial charge in [0, 0.05) is 80.0 Å². The van der Waals surface area contributed by atoms with Crippen molar-refractivity contribution in [1.29, 1.82) is 0 Å². The average molecular weight is 850 g/mol. The van der Waals surface area contributed by atoms with E-state index in [1.165, 1.54) is 12.8 Å². The molecule has 0 bridgehead atoms. The van der Waals surface area contributed by atoms with Gasteiger partial charge >= 0.3 is 6.18 Å². The lowest BCUT2D eigenvalue weighted by molar-refractivity contribution is -0.155. The van der Waals surface area contributed by atoms with Crippen LogP contribution in [-0.2, 0) is 22.6 Å². The van der Waals surface area contributed by atoms with E-state index in [0.29, 0.717) is 47.8 Å². The molecular formula is C46H50F3N9O4. The van der Waals surface area contributed by atoms with E-state index in [0.717, 1.165) is 97.2 Å². The van der Waals surface area contributed by atoms with Crippen LogP contribution in [0.25, 0.3) is 10.9 Å². The summed E-state index contributed by atoms with van der Waals surface area (Å²) < 4.78 is 48.1. The number of anilines is 1. The van der Waals surface area contributed by atoms with Crippen LogP contribution in [0, 0.1) is 11.3 Å². The molecule has 1 spiro atoms. The Morgan fingerprint density at radius 3 is 2.58 bits per heavy atom. The number of carbonyl (C=O) groups excluding carboxylic acids is 3. The van der Waals surface area contributed by atoms with Crippen LogP contribution in [0.3, 0.4) is 0 Å². The molecule has 11 rings (SSSR count). The van der Waals surface area contributed by atoms with Crippen molar-refractivity contribution in [2.75, 3.05) is 44.2 Å². The molecule has 5 aliphatic heterocycles. The minimum Gasteiger partial charge on any atom is -0.489 e. The molecule has 4 aromatic rings. The lowest BCUT2D eigenvalue weighted by Crippen LogP contribution is -2.58. The van der Waals surface area contributed by atoms with Crippen molar-refractivity contribution in [3.8, 4) is 5.75 Å². The third kappa shape index (κ3) is 6.97. The molecule has 2 saturated carbocycles. The maximum atomic E-state index is 13.9. The van der Waals surface area contributed by atoms with Crippen molar-refractivity contribution in [2.45, 2.75) is 108 Å². The predicted molar refractivity (Wildman–Crippen MR) is 223 cm³/mol. The second-order valence-electron chi connectivity index (χ2n) is 19.1. The fraction of sp³-hybridized carbons (Fsp3) is 0.543. The summed E-state index contributed by atoms with van der Waals surface area (Å²) in [5.74, 6) is 1.53. The summed E-state index contributed by atoms with van der Waals surface area (Å²) >= 11 is 0. The van der Waals surface area contributed by atoms with E-state index in [2.05, 4.69) is 31.1 Å². The molecule has 7 aliphatic rings. The van der Waals surface area contributed by atoms with Crippen LogP contribution in [0.15, 0.2) is 47.8 Å². The Morgan fingerprint density at radius 2 is 1.79 bits per heavy atom. The number of hydrogen-bond acceptors (Lipinski definition) is 10. The van der Waals surface area contributed by atoms with Gasteiger partial charge in [-0.2, -0.15) is 18.3 Å². The first kappa shape index (κ1) is 39.6. The number of carbonyl (C=O) groups is 3. The number of aliphatic imine (C=N–C) groups is 1. The normalized spacial score (nSPS) is 30.2. The van der Waals surface area contributed by atoms with Crippen molar-refractivity contribution in [1.82, 2.24) is 34.9 Å². The number of ketones is 1. The smallest absolute Gasteiger partial charge is 0.401 e. The Hall–Kier alpha value is -5.22. The number of Topliss-reactive ketones (excluding diaryl/α,β-unsaturated/α-hetero) is 1. The number of aromatic nitrogens is 4. The highest BCUT2D eigenvalue weighted by Gasteiger charge is 2.48. The summed E-state index contributed by atoms with van der Waals surface area (Å²) in [4.78, 5) is 59.6. The van der Waals surface area contributed by atoms with Gasteiger partial charge in [0.05, 0.1) is 42.2 Å². The van der Waals surface area contributed by atoms with Gasteiger partial charge in [0.2, 0.25) is 0 Å². The number of amides is 2. The second-order valence-corrected chi connectivity index (χ2v) is 19.1. The Kier molecular flexibility index (Phi) is 9.56. The fourth-order valence-corrected chi connectivity index (χ4v) is 12.2. The van der Waals surface area contributed by atoms with E-state index in [1.807, 2.05) is 25.1 Å². The molecule has 1 unspecified atom stereocenters.